The van der Waals surface area contributed by atoms with Crippen molar-refractivity contribution in [2.24, 2.45) is 5.73 Å². The Morgan fingerprint density at radius 2 is 2.24 bits per heavy atom. The fourth-order valence-electron chi connectivity index (χ4n) is 1.75. The lowest BCUT2D eigenvalue weighted by atomic mass is 10.3. The molecule has 0 aliphatic rings. The van der Waals surface area contributed by atoms with Crippen molar-refractivity contribution in [3.05, 3.63) is 17.5 Å². The molecule has 0 aromatic carbocycles. The van der Waals surface area contributed by atoms with Gasteiger partial charge in [-0.25, -0.2) is 0 Å². The smallest absolute Gasteiger partial charge is 0.224 e. The van der Waals surface area contributed by atoms with Crippen LogP contribution in [0.3, 0.4) is 0 Å². The molecule has 1 aromatic rings. The highest BCUT2D eigenvalue weighted by Crippen LogP contribution is 2.03. The standard InChI is InChI=1S/C12H22N4O/c1-10-9-11(2)16(14-10)8-5-12(17)15(3)7-4-6-13/h9H,4-8,13H2,1-3H3. The number of carbonyl (C=O) groups excluding carboxylic acids is 1. The van der Waals surface area contributed by atoms with Crippen molar-refractivity contribution >= 4 is 5.91 Å². The molecule has 0 aliphatic carbocycles. The van der Waals surface area contributed by atoms with Gasteiger partial charge >= 0.3 is 0 Å². The summed E-state index contributed by atoms with van der Waals surface area (Å²) < 4.78 is 1.88. The van der Waals surface area contributed by atoms with Crippen LogP contribution in [0.5, 0.6) is 0 Å². The third kappa shape index (κ3) is 4.19. The molecule has 0 atom stereocenters. The molecule has 1 aromatic heterocycles. The molecular formula is C12H22N4O. The Hall–Kier alpha value is -1.36. The normalized spacial score (nSPS) is 10.6. The van der Waals surface area contributed by atoms with Gasteiger partial charge in [0.2, 0.25) is 5.91 Å². The predicted octanol–water partition coefficient (Wildman–Crippen LogP) is 0.697. The fraction of sp³-hybridized carbons (Fsp3) is 0.667. The van der Waals surface area contributed by atoms with Crippen molar-refractivity contribution in [2.45, 2.75) is 33.2 Å². The molecule has 1 rings (SSSR count). The van der Waals surface area contributed by atoms with Crippen LogP contribution >= 0.6 is 0 Å². The van der Waals surface area contributed by atoms with E-state index in [1.165, 1.54) is 0 Å². The van der Waals surface area contributed by atoms with Gasteiger partial charge in [0.1, 0.15) is 0 Å². The van der Waals surface area contributed by atoms with E-state index < -0.39 is 0 Å². The van der Waals surface area contributed by atoms with Crippen molar-refractivity contribution in [3.63, 3.8) is 0 Å². The van der Waals surface area contributed by atoms with E-state index >= 15 is 0 Å². The zero-order valence-electron chi connectivity index (χ0n) is 10.9. The zero-order chi connectivity index (χ0) is 12.8. The molecular weight excluding hydrogens is 216 g/mol. The summed E-state index contributed by atoms with van der Waals surface area (Å²) in [5, 5.41) is 4.33. The van der Waals surface area contributed by atoms with Crippen molar-refractivity contribution < 1.29 is 4.79 Å². The van der Waals surface area contributed by atoms with Crippen LogP contribution in [0.2, 0.25) is 0 Å². The maximum absolute atomic E-state index is 11.8. The van der Waals surface area contributed by atoms with Gasteiger partial charge < -0.3 is 10.6 Å². The quantitative estimate of drug-likeness (QED) is 0.793. The molecule has 0 saturated carbocycles. The first-order valence-corrected chi connectivity index (χ1v) is 5.99. The van der Waals surface area contributed by atoms with E-state index in [2.05, 4.69) is 5.10 Å². The number of rotatable bonds is 6. The molecule has 17 heavy (non-hydrogen) atoms. The summed E-state index contributed by atoms with van der Waals surface area (Å²) in [6, 6.07) is 2.02. The summed E-state index contributed by atoms with van der Waals surface area (Å²) in [5.41, 5.74) is 7.50. The first-order valence-electron chi connectivity index (χ1n) is 5.99. The fourth-order valence-corrected chi connectivity index (χ4v) is 1.75. The molecule has 0 radical (unpaired) electrons. The van der Waals surface area contributed by atoms with Crippen molar-refractivity contribution in [1.29, 1.82) is 0 Å². The van der Waals surface area contributed by atoms with Crippen molar-refractivity contribution in [2.75, 3.05) is 20.1 Å². The van der Waals surface area contributed by atoms with Crippen LogP contribution in [0.25, 0.3) is 0 Å². The number of nitrogens with two attached hydrogens (primary N) is 1. The molecule has 1 amide bonds. The largest absolute Gasteiger partial charge is 0.346 e. The van der Waals surface area contributed by atoms with Gasteiger partial charge in [0, 0.05) is 32.3 Å². The van der Waals surface area contributed by atoms with Crippen LogP contribution in [-0.2, 0) is 11.3 Å². The van der Waals surface area contributed by atoms with E-state index in [-0.39, 0.29) is 5.91 Å². The molecule has 5 nitrogen and oxygen atoms in total. The summed E-state index contributed by atoms with van der Waals surface area (Å²) >= 11 is 0. The summed E-state index contributed by atoms with van der Waals surface area (Å²) in [4.78, 5) is 13.5. The van der Waals surface area contributed by atoms with Gasteiger partial charge in [0.15, 0.2) is 0 Å². The second-order valence-electron chi connectivity index (χ2n) is 4.36. The predicted molar refractivity (Wildman–Crippen MR) is 67.6 cm³/mol. The number of hydrogen-bond donors (Lipinski definition) is 1. The van der Waals surface area contributed by atoms with Gasteiger partial charge in [0.25, 0.3) is 0 Å². The highest BCUT2D eigenvalue weighted by molar-refractivity contribution is 5.75. The van der Waals surface area contributed by atoms with Gasteiger partial charge in [-0.2, -0.15) is 5.10 Å². The highest BCUT2D eigenvalue weighted by Gasteiger charge is 2.09. The Morgan fingerprint density at radius 3 is 2.76 bits per heavy atom. The van der Waals surface area contributed by atoms with Gasteiger partial charge in [0.05, 0.1) is 5.69 Å². The second-order valence-corrected chi connectivity index (χ2v) is 4.36. The third-order valence-corrected chi connectivity index (χ3v) is 2.76. The average Bonchev–Trinajstić information content (AvgIpc) is 2.61. The summed E-state index contributed by atoms with van der Waals surface area (Å²) in [5.74, 6) is 0.144. The van der Waals surface area contributed by atoms with Gasteiger partial charge in [-0.1, -0.05) is 0 Å². The van der Waals surface area contributed by atoms with Crippen LogP contribution in [-0.4, -0.2) is 40.7 Å². The van der Waals surface area contributed by atoms with E-state index in [9.17, 15) is 4.79 Å². The monoisotopic (exact) mass is 238 g/mol. The highest BCUT2D eigenvalue weighted by atomic mass is 16.2. The van der Waals surface area contributed by atoms with E-state index in [0.29, 0.717) is 19.5 Å². The first kappa shape index (κ1) is 13.7. The number of amides is 1. The van der Waals surface area contributed by atoms with E-state index in [0.717, 1.165) is 24.4 Å². The lowest BCUT2D eigenvalue weighted by Crippen LogP contribution is -2.29. The van der Waals surface area contributed by atoms with Crippen LogP contribution in [0, 0.1) is 13.8 Å². The van der Waals surface area contributed by atoms with Crippen molar-refractivity contribution in [1.82, 2.24) is 14.7 Å². The number of nitrogens with zero attached hydrogens (tertiary/aromatic N) is 3. The number of hydrogen-bond acceptors (Lipinski definition) is 3. The van der Waals surface area contributed by atoms with Crippen LogP contribution in [0.15, 0.2) is 6.07 Å². The van der Waals surface area contributed by atoms with E-state index in [4.69, 9.17) is 5.73 Å². The Morgan fingerprint density at radius 1 is 1.53 bits per heavy atom. The molecule has 0 unspecified atom stereocenters. The molecule has 0 fully saturated rings. The lowest BCUT2D eigenvalue weighted by Gasteiger charge is -2.16. The summed E-state index contributed by atoms with van der Waals surface area (Å²) in [6.45, 7) is 5.95. The second kappa shape index (κ2) is 6.39. The Kier molecular flexibility index (Phi) is 5.15. The van der Waals surface area contributed by atoms with Gasteiger partial charge in [-0.05, 0) is 32.9 Å². The maximum atomic E-state index is 11.8. The summed E-state index contributed by atoms with van der Waals surface area (Å²) in [7, 11) is 1.82. The number of carbonyl (C=O) groups is 1. The molecule has 0 spiro atoms. The lowest BCUT2D eigenvalue weighted by molar-refractivity contribution is -0.130. The van der Waals surface area contributed by atoms with Gasteiger partial charge in [-0.3, -0.25) is 9.48 Å². The number of aromatic nitrogens is 2. The minimum Gasteiger partial charge on any atom is -0.346 e. The van der Waals surface area contributed by atoms with Gasteiger partial charge in [-0.15, -0.1) is 0 Å². The Bertz CT molecular complexity index is 373. The topological polar surface area (TPSA) is 64.2 Å². The SMILES string of the molecule is Cc1cc(C)n(CCC(=O)N(C)CCCN)n1. The van der Waals surface area contributed by atoms with E-state index in [1.54, 1.807) is 4.90 Å². The Balaban J connectivity index is 2.40. The van der Waals surface area contributed by atoms with Crippen LogP contribution < -0.4 is 5.73 Å². The maximum Gasteiger partial charge on any atom is 0.224 e. The molecule has 1 heterocycles. The molecule has 0 saturated heterocycles. The first-order chi connectivity index (χ1) is 8.04. The average molecular weight is 238 g/mol. The molecule has 2 N–H and O–H groups in total. The molecule has 96 valence electrons. The summed E-state index contributed by atoms with van der Waals surface area (Å²) in [6.07, 6.45) is 1.34. The minimum atomic E-state index is 0.144. The third-order valence-electron chi connectivity index (χ3n) is 2.76. The van der Waals surface area contributed by atoms with Crippen LogP contribution in [0.1, 0.15) is 24.2 Å². The Labute approximate surface area is 103 Å². The number of aryl methyl sites for hydroxylation is 3. The molecule has 5 heteroatoms. The molecule has 0 bridgehead atoms. The van der Waals surface area contributed by atoms with E-state index in [1.807, 2.05) is 31.6 Å². The zero-order valence-corrected chi connectivity index (χ0v) is 10.9. The minimum absolute atomic E-state index is 0.144. The van der Waals surface area contributed by atoms with Crippen molar-refractivity contribution in [3.8, 4) is 0 Å². The van der Waals surface area contributed by atoms with Crippen LogP contribution in [0.4, 0.5) is 0 Å². The molecule has 0 aliphatic heterocycles.